The minimum atomic E-state index is -0.349. The van der Waals surface area contributed by atoms with Gasteiger partial charge in [0.05, 0.1) is 34.5 Å². The Labute approximate surface area is 163 Å². The van der Waals surface area contributed by atoms with Gasteiger partial charge in [-0.2, -0.15) is 5.26 Å². The second-order valence-corrected chi connectivity index (χ2v) is 7.43. The molecule has 1 aromatic heterocycles. The van der Waals surface area contributed by atoms with Crippen LogP contribution in [-0.2, 0) is 4.79 Å². The highest BCUT2D eigenvalue weighted by atomic mass is 32.2. The molecule has 3 aromatic rings. The molecule has 0 fully saturated rings. The monoisotopic (exact) mass is 376 g/mol. The Bertz CT molecular complexity index is 984. The van der Waals surface area contributed by atoms with E-state index in [2.05, 4.69) is 16.0 Å². The van der Waals surface area contributed by atoms with Gasteiger partial charge in [0.1, 0.15) is 5.03 Å². The van der Waals surface area contributed by atoms with Crippen LogP contribution >= 0.6 is 11.8 Å². The Morgan fingerprint density at radius 1 is 1.11 bits per heavy atom. The molecule has 0 aliphatic heterocycles. The number of anilines is 1. The van der Waals surface area contributed by atoms with E-state index < -0.39 is 0 Å². The molecule has 0 spiro atoms. The molecule has 3 rings (SSSR count). The van der Waals surface area contributed by atoms with Gasteiger partial charge < -0.3 is 4.90 Å². The molecule has 2 aromatic carbocycles. The van der Waals surface area contributed by atoms with E-state index in [1.54, 1.807) is 4.90 Å². The Morgan fingerprint density at radius 3 is 2.41 bits per heavy atom. The van der Waals surface area contributed by atoms with E-state index in [1.165, 1.54) is 11.8 Å². The molecule has 0 radical (unpaired) electrons. The molecular formula is C21H20N4OS. The van der Waals surface area contributed by atoms with Crippen molar-refractivity contribution >= 4 is 34.4 Å². The van der Waals surface area contributed by atoms with Crippen LogP contribution in [0.1, 0.15) is 19.0 Å². The summed E-state index contributed by atoms with van der Waals surface area (Å²) in [5, 5.41) is 9.35. The fraction of sp³-hybridized carbons (Fsp3) is 0.238. The van der Waals surface area contributed by atoms with Crippen LogP contribution in [0.3, 0.4) is 0 Å². The number of aryl methyl sites for hydroxylation is 1. The van der Waals surface area contributed by atoms with Gasteiger partial charge in [0.15, 0.2) is 0 Å². The van der Waals surface area contributed by atoms with Gasteiger partial charge in [-0.3, -0.25) is 4.79 Å². The number of nitriles is 1. The number of hydrogen-bond donors (Lipinski definition) is 0. The maximum Gasteiger partial charge on any atom is 0.240 e. The van der Waals surface area contributed by atoms with Crippen LogP contribution < -0.4 is 4.90 Å². The molecule has 1 heterocycles. The van der Waals surface area contributed by atoms with Crippen LogP contribution in [-0.4, -0.2) is 27.7 Å². The lowest BCUT2D eigenvalue weighted by atomic mass is 10.2. The molecule has 0 saturated heterocycles. The normalized spacial score (nSPS) is 11.7. The van der Waals surface area contributed by atoms with Crippen molar-refractivity contribution in [2.24, 2.45) is 0 Å². The third-order valence-electron chi connectivity index (χ3n) is 4.12. The summed E-state index contributed by atoms with van der Waals surface area (Å²) in [6.07, 6.45) is 0.285. The first-order valence-corrected chi connectivity index (χ1v) is 9.61. The lowest BCUT2D eigenvalue weighted by Crippen LogP contribution is -2.37. The molecule has 5 nitrogen and oxygen atoms in total. The van der Waals surface area contributed by atoms with Crippen LogP contribution in [0, 0.1) is 18.3 Å². The lowest BCUT2D eigenvalue weighted by Gasteiger charge is -2.25. The van der Waals surface area contributed by atoms with Crippen molar-refractivity contribution in [3.05, 3.63) is 60.3 Å². The molecule has 1 atom stereocenters. The number of carbonyl (C=O) groups excluding carboxylic acids is 1. The van der Waals surface area contributed by atoms with Gasteiger partial charge in [-0.05, 0) is 38.1 Å². The highest BCUT2D eigenvalue weighted by molar-refractivity contribution is 8.00. The minimum absolute atomic E-state index is 0.0455. The van der Waals surface area contributed by atoms with E-state index in [4.69, 9.17) is 5.26 Å². The smallest absolute Gasteiger partial charge is 0.240 e. The van der Waals surface area contributed by atoms with Crippen molar-refractivity contribution in [2.45, 2.75) is 30.5 Å². The van der Waals surface area contributed by atoms with Crippen molar-refractivity contribution in [2.75, 3.05) is 11.4 Å². The van der Waals surface area contributed by atoms with Crippen molar-refractivity contribution in [3.63, 3.8) is 0 Å². The molecule has 1 amide bonds. The number of fused-ring (bicyclic) bond motifs is 1. The molecule has 0 bridgehead atoms. The number of nitrogens with zero attached hydrogens (tertiary/aromatic N) is 4. The topological polar surface area (TPSA) is 69.9 Å². The quantitative estimate of drug-likeness (QED) is 0.598. The number of thioether (sulfide) groups is 1. The van der Waals surface area contributed by atoms with Crippen molar-refractivity contribution in [3.8, 4) is 6.07 Å². The molecule has 6 heteroatoms. The fourth-order valence-electron chi connectivity index (χ4n) is 2.76. The number of rotatable bonds is 6. The number of benzene rings is 2. The first-order chi connectivity index (χ1) is 13.1. The SMILES string of the molecule is Cc1nc2ccccc2nc1SC(C)C(=O)N(CCC#N)c1ccccc1. The zero-order chi connectivity index (χ0) is 19.2. The first kappa shape index (κ1) is 18.9. The molecule has 0 saturated carbocycles. The maximum absolute atomic E-state index is 13.1. The predicted octanol–water partition coefficient (Wildman–Crippen LogP) is 4.37. The summed E-state index contributed by atoms with van der Waals surface area (Å²) in [6, 6.07) is 19.3. The molecule has 0 aliphatic carbocycles. The summed E-state index contributed by atoms with van der Waals surface area (Å²) in [4.78, 5) is 24.0. The summed E-state index contributed by atoms with van der Waals surface area (Å²) >= 11 is 1.40. The number of amides is 1. The first-order valence-electron chi connectivity index (χ1n) is 8.73. The largest absolute Gasteiger partial charge is 0.310 e. The lowest BCUT2D eigenvalue weighted by molar-refractivity contribution is -0.117. The summed E-state index contributed by atoms with van der Waals surface area (Å²) in [7, 11) is 0. The van der Waals surface area contributed by atoms with E-state index in [0.29, 0.717) is 6.54 Å². The highest BCUT2D eigenvalue weighted by Crippen LogP contribution is 2.28. The second kappa shape index (κ2) is 8.65. The van der Waals surface area contributed by atoms with E-state index in [-0.39, 0.29) is 17.6 Å². The van der Waals surface area contributed by atoms with Crippen molar-refractivity contribution in [1.29, 1.82) is 5.26 Å². The summed E-state index contributed by atoms with van der Waals surface area (Å²) in [6.45, 7) is 4.14. The average Bonchev–Trinajstić information content (AvgIpc) is 2.69. The number of hydrogen-bond acceptors (Lipinski definition) is 5. The minimum Gasteiger partial charge on any atom is -0.310 e. The van der Waals surface area contributed by atoms with Crippen molar-refractivity contribution in [1.82, 2.24) is 9.97 Å². The Kier molecular flexibility index (Phi) is 6.05. The van der Waals surface area contributed by atoms with Crippen LogP contribution in [0.4, 0.5) is 5.69 Å². The van der Waals surface area contributed by atoms with E-state index in [0.717, 1.165) is 27.4 Å². The van der Waals surface area contributed by atoms with Gasteiger partial charge >= 0.3 is 0 Å². The maximum atomic E-state index is 13.1. The van der Waals surface area contributed by atoms with Gasteiger partial charge in [0, 0.05) is 12.2 Å². The zero-order valence-corrected chi connectivity index (χ0v) is 16.1. The van der Waals surface area contributed by atoms with Gasteiger partial charge in [-0.15, -0.1) is 0 Å². The van der Waals surface area contributed by atoms with Crippen LogP contribution in [0.2, 0.25) is 0 Å². The molecular weight excluding hydrogens is 356 g/mol. The molecule has 136 valence electrons. The van der Waals surface area contributed by atoms with Gasteiger partial charge in [-0.25, -0.2) is 9.97 Å². The molecule has 0 N–H and O–H groups in total. The van der Waals surface area contributed by atoms with Crippen LogP contribution in [0.5, 0.6) is 0 Å². The third-order valence-corrected chi connectivity index (χ3v) is 5.28. The molecule has 1 unspecified atom stereocenters. The Balaban J connectivity index is 1.83. The van der Waals surface area contributed by atoms with Crippen LogP contribution in [0.25, 0.3) is 11.0 Å². The second-order valence-electron chi connectivity index (χ2n) is 6.10. The number of para-hydroxylation sites is 3. The standard InChI is InChI=1S/C21H20N4OS/c1-15-20(24-19-12-7-6-11-18(19)23-15)27-16(2)21(26)25(14-8-13-22)17-9-4-3-5-10-17/h3-7,9-12,16H,8,14H2,1-2H3. The summed E-state index contributed by atoms with van der Waals surface area (Å²) < 4.78 is 0. The Morgan fingerprint density at radius 2 is 1.74 bits per heavy atom. The number of aromatic nitrogens is 2. The van der Waals surface area contributed by atoms with Gasteiger partial charge in [0.2, 0.25) is 5.91 Å². The van der Waals surface area contributed by atoms with E-state index in [9.17, 15) is 4.79 Å². The van der Waals surface area contributed by atoms with Gasteiger partial charge in [0.25, 0.3) is 0 Å². The summed E-state index contributed by atoms with van der Waals surface area (Å²) in [5.74, 6) is -0.0455. The van der Waals surface area contributed by atoms with Gasteiger partial charge in [-0.1, -0.05) is 42.1 Å². The average molecular weight is 376 g/mol. The third kappa shape index (κ3) is 4.44. The Hall–Kier alpha value is -2.91. The zero-order valence-electron chi connectivity index (χ0n) is 15.3. The van der Waals surface area contributed by atoms with E-state index >= 15 is 0 Å². The summed E-state index contributed by atoms with van der Waals surface area (Å²) in [5.41, 5.74) is 3.26. The van der Waals surface area contributed by atoms with Crippen molar-refractivity contribution < 1.29 is 4.79 Å². The van der Waals surface area contributed by atoms with E-state index in [1.807, 2.05) is 68.4 Å². The molecule has 27 heavy (non-hydrogen) atoms. The predicted molar refractivity (Wildman–Crippen MR) is 109 cm³/mol. The van der Waals surface area contributed by atoms with Crippen LogP contribution in [0.15, 0.2) is 59.6 Å². The fourth-order valence-corrected chi connectivity index (χ4v) is 3.69. The molecule has 0 aliphatic rings. The number of carbonyl (C=O) groups is 1. The highest BCUT2D eigenvalue weighted by Gasteiger charge is 2.24.